The Morgan fingerprint density at radius 2 is 2.05 bits per heavy atom. The summed E-state index contributed by atoms with van der Waals surface area (Å²) in [6, 6.07) is 15.7. The van der Waals surface area contributed by atoms with E-state index in [0.717, 1.165) is 26.1 Å². The molecule has 1 aliphatic rings. The molecule has 0 saturated carbocycles. The second kappa shape index (κ2) is 5.92. The molecule has 0 amide bonds. The zero-order valence-corrected chi connectivity index (χ0v) is 12.0. The number of fused-ring (bicyclic) bond motifs is 1. The summed E-state index contributed by atoms with van der Waals surface area (Å²) in [7, 11) is 2.19. The molecule has 3 rings (SSSR count). The molecule has 0 aliphatic carbocycles. The Kier molecular flexibility index (Phi) is 4.01. The van der Waals surface area contributed by atoms with Gasteiger partial charge in [-0.1, -0.05) is 36.4 Å². The quantitative estimate of drug-likeness (QED) is 0.897. The largest absolute Gasteiger partial charge is 0.324 e. The molecule has 0 radical (unpaired) electrons. The number of hydrogen-bond acceptors (Lipinski definition) is 3. The van der Waals surface area contributed by atoms with Crippen molar-refractivity contribution in [2.75, 3.05) is 26.7 Å². The van der Waals surface area contributed by atoms with E-state index in [1.807, 2.05) is 0 Å². The highest BCUT2D eigenvalue weighted by atomic mass is 15.2. The molecule has 20 heavy (non-hydrogen) atoms. The standard InChI is InChI=1S/C17H23N3/c1-20-9-8-19-12-16(20)11-17(18)15-7-6-13-4-2-3-5-14(13)10-15/h2-7,10,16-17,19H,8-9,11-12,18H2,1H3. The molecule has 106 valence electrons. The molecule has 3 N–H and O–H groups in total. The predicted octanol–water partition coefficient (Wildman–Crippen LogP) is 2.13. The van der Waals surface area contributed by atoms with Crippen molar-refractivity contribution in [3.8, 4) is 0 Å². The second-order valence-electron chi connectivity index (χ2n) is 5.79. The topological polar surface area (TPSA) is 41.3 Å². The molecular weight excluding hydrogens is 246 g/mol. The highest BCUT2D eigenvalue weighted by Gasteiger charge is 2.21. The number of likely N-dealkylation sites (N-methyl/N-ethyl adjacent to an activating group) is 1. The van der Waals surface area contributed by atoms with Gasteiger partial charge < -0.3 is 16.0 Å². The Morgan fingerprint density at radius 3 is 2.85 bits per heavy atom. The third-order valence-electron chi connectivity index (χ3n) is 4.37. The van der Waals surface area contributed by atoms with Gasteiger partial charge in [0.15, 0.2) is 0 Å². The second-order valence-corrected chi connectivity index (χ2v) is 5.79. The summed E-state index contributed by atoms with van der Waals surface area (Å²) >= 11 is 0. The monoisotopic (exact) mass is 269 g/mol. The van der Waals surface area contributed by atoms with Gasteiger partial charge in [-0.25, -0.2) is 0 Å². The molecule has 1 aliphatic heterocycles. The third kappa shape index (κ3) is 2.85. The van der Waals surface area contributed by atoms with Crippen LogP contribution in [-0.2, 0) is 0 Å². The van der Waals surface area contributed by atoms with Crippen molar-refractivity contribution in [1.82, 2.24) is 10.2 Å². The fourth-order valence-electron chi connectivity index (χ4n) is 2.99. The molecule has 1 fully saturated rings. The first-order chi connectivity index (χ1) is 9.74. The third-order valence-corrected chi connectivity index (χ3v) is 4.37. The first-order valence-corrected chi connectivity index (χ1v) is 7.39. The predicted molar refractivity (Wildman–Crippen MR) is 84.8 cm³/mol. The number of benzene rings is 2. The van der Waals surface area contributed by atoms with Crippen LogP contribution in [0.2, 0.25) is 0 Å². The van der Waals surface area contributed by atoms with Crippen LogP contribution in [0.15, 0.2) is 42.5 Å². The maximum atomic E-state index is 6.42. The van der Waals surface area contributed by atoms with Crippen LogP contribution in [-0.4, -0.2) is 37.6 Å². The first kappa shape index (κ1) is 13.6. The van der Waals surface area contributed by atoms with Gasteiger partial charge in [0.25, 0.3) is 0 Å². The molecule has 0 bridgehead atoms. The molecule has 1 heterocycles. The van der Waals surface area contributed by atoms with Crippen molar-refractivity contribution in [1.29, 1.82) is 0 Å². The van der Waals surface area contributed by atoms with Crippen LogP contribution >= 0.6 is 0 Å². The normalized spacial score (nSPS) is 22.0. The highest BCUT2D eigenvalue weighted by Crippen LogP contribution is 2.23. The van der Waals surface area contributed by atoms with E-state index in [1.165, 1.54) is 16.3 Å². The maximum Gasteiger partial charge on any atom is 0.0310 e. The lowest BCUT2D eigenvalue weighted by Crippen LogP contribution is -2.50. The maximum absolute atomic E-state index is 6.42. The Morgan fingerprint density at radius 1 is 1.25 bits per heavy atom. The minimum atomic E-state index is 0.104. The molecule has 2 unspecified atom stereocenters. The van der Waals surface area contributed by atoms with Gasteiger partial charge in [-0.2, -0.15) is 0 Å². The van der Waals surface area contributed by atoms with E-state index in [2.05, 4.69) is 59.7 Å². The zero-order chi connectivity index (χ0) is 13.9. The van der Waals surface area contributed by atoms with Gasteiger partial charge in [-0.3, -0.25) is 0 Å². The number of hydrogen-bond donors (Lipinski definition) is 2. The minimum Gasteiger partial charge on any atom is -0.324 e. The Hall–Kier alpha value is -1.42. The summed E-state index contributed by atoms with van der Waals surface area (Å²) < 4.78 is 0. The van der Waals surface area contributed by atoms with Crippen LogP contribution in [0, 0.1) is 0 Å². The Bertz CT molecular complexity index is 581. The summed E-state index contributed by atoms with van der Waals surface area (Å²) in [6.07, 6.45) is 1.00. The van der Waals surface area contributed by atoms with Gasteiger partial charge in [0, 0.05) is 31.7 Å². The summed E-state index contributed by atoms with van der Waals surface area (Å²) in [5.41, 5.74) is 7.66. The van der Waals surface area contributed by atoms with Crippen LogP contribution in [0.3, 0.4) is 0 Å². The van der Waals surface area contributed by atoms with E-state index < -0.39 is 0 Å². The smallest absolute Gasteiger partial charge is 0.0310 e. The van der Waals surface area contributed by atoms with Crippen molar-refractivity contribution in [3.63, 3.8) is 0 Å². The van der Waals surface area contributed by atoms with Gasteiger partial charge in [0.1, 0.15) is 0 Å². The summed E-state index contributed by atoms with van der Waals surface area (Å²) in [5, 5.41) is 6.01. The van der Waals surface area contributed by atoms with E-state index in [1.54, 1.807) is 0 Å². The fourth-order valence-corrected chi connectivity index (χ4v) is 2.99. The summed E-state index contributed by atoms with van der Waals surface area (Å²) in [4.78, 5) is 2.41. The van der Waals surface area contributed by atoms with E-state index in [-0.39, 0.29) is 6.04 Å². The number of nitrogens with two attached hydrogens (primary N) is 1. The van der Waals surface area contributed by atoms with Crippen molar-refractivity contribution < 1.29 is 0 Å². The summed E-state index contributed by atoms with van der Waals surface area (Å²) in [5.74, 6) is 0. The lowest BCUT2D eigenvalue weighted by atomic mass is 9.96. The number of nitrogens with zero attached hydrogens (tertiary/aromatic N) is 1. The molecule has 2 atom stereocenters. The molecule has 1 saturated heterocycles. The van der Waals surface area contributed by atoms with E-state index in [9.17, 15) is 0 Å². The average Bonchev–Trinajstić information content (AvgIpc) is 2.49. The van der Waals surface area contributed by atoms with Crippen LogP contribution in [0.25, 0.3) is 10.8 Å². The number of rotatable bonds is 3. The van der Waals surface area contributed by atoms with Crippen LogP contribution < -0.4 is 11.1 Å². The van der Waals surface area contributed by atoms with E-state index in [0.29, 0.717) is 6.04 Å². The van der Waals surface area contributed by atoms with Gasteiger partial charge in [-0.05, 0) is 35.9 Å². The lowest BCUT2D eigenvalue weighted by molar-refractivity contribution is 0.182. The van der Waals surface area contributed by atoms with Crippen LogP contribution in [0.4, 0.5) is 0 Å². The Labute approximate surface area is 120 Å². The van der Waals surface area contributed by atoms with Gasteiger partial charge in [0.2, 0.25) is 0 Å². The van der Waals surface area contributed by atoms with Crippen LogP contribution in [0.5, 0.6) is 0 Å². The molecule has 0 spiro atoms. The average molecular weight is 269 g/mol. The molecule has 3 heteroatoms. The van der Waals surface area contributed by atoms with E-state index in [4.69, 9.17) is 5.73 Å². The number of piperazine rings is 1. The van der Waals surface area contributed by atoms with Crippen molar-refractivity contribution in [3.05, 3.63) is 48.0 Å². The molecule has 2 aromatic carbocycles. The lowest BCUT2D eigenvalue weighted by Gasteiger charge is -2.34. The highest BCUT2D eigenvalue weighted by molar-refractivity contribution is 5.83. The SMILES string of the molecule is CN1CCNCC1CC(N)c1ccc2ccccc2c1. The summed E-state index contributed by atoms with van der Waals surface area (Å²) in [6.45, 7) is 3.23. The van der Waals surface area contributed by atoms with Crippen molar-refractivity contribution in [2.45, 2.75) is 18.5 Å². The van der Waals surface area contributed by atoms with Gasteiger partial charge >= 0.3 is 0 Å². The van der Waals surface area contributed by atoms with Gasteiger partial charge in [-0.15, -0.1) is 0 Å². The van der Waals surface area contributed by atoms with Crippen molar-refractivity contribution >= 4 is 10.8 Å². The molecule has 3 nitrogen and oxygen atoms in total. The van der Waals surface area contributed by atoms with Gasteiger partial charge in [0.05, 0.1) is 0 Å². The first-order valence-electron chi connectivity index (χ1n) is 7.39. The Balaban J connectivity index is 1.76. The zero-order valence-electron chi connectivity index (χ0n) is 12.0. The molecular formula is C17H23N3. The van der Waals surface area contributed by atoms with Crippen LogP contribution in [0.1, 0.15) is 18.0 Å². The number of nitrogens with one attached hydrogen (secondary N) is 1. The minimum absolute atomic E-state index is 0.104. The van der Waals surface area contributed by atoms with Crippen molar-refractivity contribution in [2.24, 2.45) is 5.73 Å². The molecule has 0 aromatic heterocycles. The fraction of sp³-hybridized carbons (Fsp3) is 0.412. The van der Waals surface area contributed by atoms with E-state index >= 15 is 0 Å². The molecule has 2 aromatic rings.